The Labute approximate surface area is 304 Å². The van der Waals surface area contributed by atoms with Crippen LogP contribution in [0.1, 0.15) is 107 Å². The average molecular weight is 726 g/mol. The number of hydrogen-bond acceptors (Lipinski definition) is 6. The molecule has 2 aromatic rings. The van der Waals surface area contributed by atoms with Gasteiger partial charge in [0.05, 0.1) is 34.0 Å². The number of rotatable bonds is 2. The van der Waals surface area contributed by atoms with Crippen molar-refractivity contribution in [2.45, 2.75) is 114 Å². The van der Waals surface area contributed by atoms with Gasteiger partial charge in [0.25, 0.3) is 5.91 Å². The second kappa shape index (κ2) is 13.7. The van der Waals surface area contributed by atoms with Gasteiger partial charge in [0.2, 0.25) is 5.91 Å². The highest BCUT2D eigenvalue weighted by Crippen LogP contribution is 2.50. The molecule has 2 heterocycles. The third-order valence-electron chi connectivity index (χ3n) is 12.6. The van der Waals surface area contributed by atoms with Gasteiger partial charge in [-0.3, -0.25) is 14.3 Å². The van der Waals surface area contributed by atoms with E-state index in [4.69, 9.17) is 16.3 Å². The standard InChI is InChI=1S/C40H56ClN3O5S/c1-26-10-8-19-40(47,22-36(45)43(6)38(3,4)5)33-15-12-30(33)23-44-24-39(18-9-11-28-20-31(41)14-16-32(28)39)25-49-35-17-13-29(21-34(35)44)37(46)42-50(7,48)27(26)2/h13-14,16-17,20-21,26-27,30,33,47H,7-12,15,18-19,22-25H2,1-6H3,(H,42,46,48)/t26-,27+,30-,33+,39-,40-,50?/m0/s1. The minimum Gasteiger partial charge on any atom is -0.490 e. The summed E-state index contributed by atoms with van der Waals surface area (Å²) in [6, 6.07) is 11.7. The van der Waals surface area contributed by atoms with Crippen LogP contribution in [0.15, 0.2) is 36.4 Å². The van der Waals surface area contributed by atoms with Crippen molar-refractivity contribution in [3.63, 3.8) is 0 Å². The lowest BCUT2D eigenvalue weighted by Gasteiger charge is -2.50. The summed E-state index contributed by atoms with van der Waals surface area (Å²) >= 11 is 6.47. The lowest BCUT2D eigenvalue weighted by molar-refractivity contribution is -0.148. The number of nitrogens with zero attached hydrogens (tertiary/aromatic N) is 2. The zero-order chi connectivity index (χ0) is 36.2. The number of benzene rings is 2. The molecule has 4 aliphatic rings. The summed E-state index contributed by atoms with van der Waals surface area (Å²) in [5.74, 6) is 4.30. The van der Waals surface area contributed by atoms with Crippen LogP contribution in [0.3, 0.4) is 0 Å². The molecule has 0 saturated heterocycles. The first-order valence-corrected chi connectivity index (χ1v) is 20.6. The van der Waals surface area contributed by atoms with Crippen molar-refractivity contribution in [1.82, 2.24) is 9.62 Å². The fourth-order valence-electron chi connectivity index (χ4n) is 8.84. The second-order valence-electron chi connectivity index (χ2n) is 16.9. The molecule has 6 rings (SSSR count). The van der Waals surface area contributed by atoms with E-state index in [9.17, 15) is 18.9 Å². The quantitative estimate of drug-likeness (QED) is 0.331. The van der Waals surface area contributed by atoms with E-state index in [0.717, 1.165) is 42.8 Å². The van der Waals surface area contributed by atoms with E-state index in [2.05, 4.69) is 27.6 Å². The summed E-state index contributed by atoms with van der Waals surface area (Å²) in [5.41, 5.74) is 1.88. The van der Waals surface area contributed by atoms with Gasteiger partial charge in [-0.15, -0.1) is 0 Å². The molecule has 50 heavy (non-hydrogen) atoms. The molecular weight excluding hydrogens is 670 g/mol. The molecule has 2 amide bonds. The van der Waals surface area contributed by atoms with Gasteiger partial charge in [-0.25, -0.2) is 4.21 Å². The Morgan fingerprint density at radius 2 is 1.90 bits per heavy atom. The minimum atomic E-state index is -3.00. The molecule has 2 aliphatic heterocycles. The minimum absolute atomic E-state index is 0.0250. The number of anilines is 1. The van der Waals surface area contributed by atoms with Crippen LogP contribution in [0.25, 0.3) is 0 Å². The first-order valence-electron chi connectivity index (χ1n) is 18.4. The Morgan fingerprint density at radius 3 is 2.60 bits per heavy atom. The van der Waals surface area contributed by atoms with Crippen LogP contribution in [0, 0.1) is 17.8 Å². The van der Waals surface area contributed by atoms with Crippen molar-refractivity contribution < 1.29 is 23.6 Å². The van der Waals surface area contributed by atoms with Gasteiger partial charge in [0, 0.05) is 46.9 Å². The van der Waals surface area contributed by atoms with E-state index in [1.165, 1.54) is 11.1 Å². The van der Waals surface area contributed by atoms with Gasteiger partial charge in [-0.05, 0) is 138 Å². The third-order valence-corrected chi connectivity index (χ3v) is 15.1. The van der Waals surface area contributed by atoms with Crippen LogP contribution in [-0.4, -0.2) is 75.0 Å². The van der Waals surface area contributed by atoms with E-state index in [1.54, 1.807) is 11.0 Å². The summed E-state index contributed by atoms with van der Waals surface area (Å²) in [7, 11) is -1.18. The van der Waals surface area contributed by atoms with E-state index in [1.807, 2.05) is 59.9 Å². The van der Waals surface area contributed by atoms with Gasteiger partial charge in [0.1, 0.15) is 5.75 Å². The van der Waals surface area contributed by atoms with Crippen LogP contribution in [0.5, 0.6) is 5.75 Å². The normalized spacial score (nSPS) is 33.2. The van der Waals surface area contributed by atoms with Crippen molar-refractivity contribution in [2.24, 2.45) is 17.8 Å². The van der Waals surface area contributed by atoms with E-state index < -0.39 is 26.5 Å². The predicted molar refractivity (Wildman–Crippen MR) is 204 cm³/mol. The maximum Gasteiger partial charge on any atom is 0.262 e. The van der Waals surface area contributed by atoms with E-state index >= 15 is 0 Å². The van der Waals surface area contributed by atoms with Crippen LogP contribution < -0.4 is 14.4 Å². The van der Waals surface area contributed by atoms with Gasteiger partial charge in [0.15, 0.2) is 0 Å². The van der Waals surface area contributed by atoms with Crippen LogP contribution >= 0.6 is 11.6 Å². The summed E-state index contributed by atoms with van der Waals surface area (Å²) < 4.78 is 23.4. The maximum atomic E-state index is 13.9. The Kier molecular flexibility index (Phi) is 10.1. The average Bonchev–Trinajstić information content (AvgIpc) is 3.17. The Bertz CT molecular complexity index is 1740. The smallest absolute Gasteiger partial charge is 0.262 e. The zero-order valence-corrected chi connectivity index (χ0v) is 32.3. The Morgan fingerprint density at radius 1 is 1.14 bits per heavy atom. The molecule has 1 saturated carbocycles. The number of carbonyl (C=O) groups excluding carboxylic acids is 2. The van der Waals surface area contributed by atoms with Crippen LogP contribution in [0.2, 0.25) is 5.02 Å². The lowest BCUT2D eigenvalue weighted by atomic mass is 9.61. The van der Waals surface area contributed by atoms with E-state index in [0.29, 0.717) is 50.3 Å². The Hall–Kier alpha value is -2.75. The van der Waals surface area contributed by atoms with Crippen LogP contribution in [-0.2, 0) is 26.3 Å². The Balaban J connectivity index is 1.43. The number of carbonyl (C=O) groups is 2. The fraction of sp³-hybridized carbons (Fsp3) is 0.625. The number of fused-ring (bicyclic) bond motifs is 4. The molecule has 1 unspecified atom stereocenters. The second-order valence-corrected chi connectivity index (χ2v) is 19.7. The highest BCUT2D eigenvalue weighted by atomic mass is 35.5. The predicted octanol–water partition coefficient (Wildman–Crippen LogP) is 6.79. The lowest BCUT2D eigenvalue weighted by Crippen LogP contribution is -2.55. The molecule has 10 heteroatoms. The molecule has 2 N–H and O–H groups in total. The summed E-state index contributed by atoms with van der Waals surface area (Å²) in [4.78, 5) is 31.6. The van der Waals surface area contributed by atoms with Gasteiger partial charge >= 0.3 is 0 Å². The molecular formula is C40H56ClN3O5S. The summed E-state index contributed by atoms with van der Waals surface area (Å²) in [6.07, 6.45) is 6.62. The summed E-state index contributed by atoms with van der Waals surface area (Å²) in [5, 5.41) is 13.0. The number of nitrogens with one attached hydrogen (secondary N) is 1. The first kappa shape index (κ1) is 37.0. The SMILES string of the molecule is C=S1(=O)NC(=O)c2ccc3c(c2)N(C[C@@H]2CC[C@H]2[C@@](O)(CC(=O)N(C)C(C)(C)C)CCC[C@H](C)[C@H]1C)C[C@@]1(CCCc2cc(Cl)ccc21)CO3. The maximum absolute atomic E-state index is 13.9. The fourth-order valence-corrected chi connectivity index (χ4v) is 10.5. The number of aryl methyl sites for hydroxylation is 1. The molecule has 0 radical (unpaired) electrons. The van der Waals surface area contributed by atoms with Crippen LogP contribution in [0.4, 0.5) is 5.69 Å². The number of hydrogen-bond donors (Lipinski definition) is 2. The van der Waals surface area contributed by atoms with Crippen molar-refractivity contribution in [1.29, 1.82) is 0 Å². The van der Waals surface area contributed by atoms with Gasteiger partial charge in [-0.1, -0.05) is 31.0 Å². The van der Waals surface area contributed by atoms with Crippen molar-refractivity contribution in [3.05, 3.63) is 58.1 Å². The molecule has 1 fully saturated rings. The number of aliphatic hydroxyl groups is 1. The molecule has 2 aliphatic carbocycles. The third kappa shape index (κ3) is 7.16. The van der Waals surface area contributed by atoms with Gasteiger partial charge in [-0.2, -0.15) is 0 Å². The van der Waals surface area contributed by atoms with Crippen molar-refractivity contribution >= 4 is 44.7 Å². The van der Waals surface area contributed by atoms with E-state index in [-0.39, 0.29) is 41.0 Å². The van der Waals surface area contributed by atoms with Crippen molar-refractivity contribution in [2.75, 3.05) is 31.6 Å². The topological polar surface area (TPSA) is 99.2 Å². The molecule has 0 aromatic heterocycles. The molecule has 274 valence electrons. The molecule has 2 aromatic carbocycles. The monoisotopic (exact) mass is 725 g/mol. The first-order chi connectivity index (χ1) is 23.4. The highest BCUT2D eigenvalue weighted by Gasteiger charge is 2.50. The van der Waals surface area contributed by atoms with Gasteiger partial charge < -0.3 is 19.6 Å². The highest BCUT2D eigenvalue weighted by molar-refractivity contribution is 7.99. The molecule has 7 atom stereocenters. The molecule has 8 nitrogen and oxygen atoms in total. The zero-order valence-electron chi connectivity index (χ0n) is 30.7. The largest absolute Gasteiger partial charge is 0.490 e. The molecule has 1 spiro atoms. The number of halogens is 1. The molecule has 2 bridgehead atoms. The van der Waals surface area contributed by atoms with Crippen molar-refractivity contribution in [3.8, 4) is 5.75 Å². The number of ether oxygens (including phenoxy) is 1. The summed E-state index contributed by atoms with van der Waals surface area (Å²) in [6.45, 7) is 11.8. The number of amides is 2.